The zero-order valence-electron chi connectivity index (χ0n) is 31.0. The Kier molecular flexibility index (Phi) is 10.5. The number of phenols is 1. The third-order valence-corrected chi connectivity index (χ3v) is 12.4. The zero-order chi connectivity index (χ0) is 38.4. The summed E-state index contributed by atoms with van der Waals surface area (Å²) in [4.78, 5) is 41.7. The lowest BCUT2D eigenvalue weighted by atomic mass is 9.73. The fourth-order valence-corrected chi connectivity index (χ4v) is 10.2. The number of phenolic OH excluding ortho intramolecular Hbond substituents is 1. The normalized spacial score (nSPS) is 24.6. The molecule has 54 heavy (non-hydrogen) atoms. The molecule has 7 atom stereocenters. The summed E-state index contributed by atoms with van der Waals surface area (Å²) in [6.07, 6.45) is 2.61. The molecule has 7 rings (SSSR count). The van der Waals surface area contributed by atoms with Crippen LogP contribution < -0.4 is 24.3 Å². The van der Waals surface area contributed by atoms with Gasteiger partial charge >= 0.3 is 5.97 Å². The van der Waals surface area contributed by atoms with Crippen LogP contribution in [-0.2, 0) is 25.5 Å². The van der Waals surface area contributed by atoms with Gasteiger partial charge in [-0.05, 0) is 57.0 Å². The maximum absolute atomic E-state index is 13.1. The van der Waals surface area contributed by atoms with E-state index in [4.69, 9.17) is 23.7 Å². The van der Waals surface area contributed by atoms with Gasteiger partial charge in [0.2, 0.25) is 12.7 Å². The molecule has 3 aromatic carbocycles. The molecule has 3 N–H and O–H groups in total. The van der Waals surface area contributed by atoms with E-state index >= 15 is 0 Å². The Bertz CT molecular complexity index is 1990. The van der Waals surface area contributed by atoms with E-state index in [1.807, 2.05) is 62.2 Å². The number of esters is 1. The highest BCUT2D eigenvalue weighted by Gasteiger charge is 2.60. The molecule has 4 heterocycles. The third-order valence-electron chi connectivity index (χ3n) is 10.8. The minimum absolute atomic E-state index is 0.0160. The van der Waals surface area contributed by atoms with E-state index < -0.39 is 41.6 Å². The molecule has 3 aromatic rings. The monoisotopic (exact) mass is 759 g/mol. The van der Waals surface area contributed by atoms with Gasteiger partial charge in [-0.15, -0.1) is 11.8 Å². The largest absolute Gasteiger partial charge is 0.504 e. The number of carbonyl (C=O) groups excluding carboxylic acids is 3. The summed E-state index contributed by atoms with van der Waals surface area (Å²) >= 11 is 1.52. The Morgan fingerprint density at radius 1 is 1.11 bits per heavy atom. The molecule has 0 saturated carbocycles. The van der Waals surface area contributed by atoms with Gasteiger partial charge in [0, 0.05) is 53.1 Å². The number of amides is 1. The predicted molar refractivity (Wildman–Crippen MR) is 201 cm³/mol. The Hall–Kier alpha value is -4.76. The summed E-state index contributed by atoms with van der Waals surface area (Å²) in [5.41, 5.74) is 4.99. The van der Waals surface area contributed by atoms with Crippen LogP contribution in [0.1, 0.15) is 70.1 Å². The van der Waals surface area contributed by atoms with Crippen LogP contribution in [0.4, 0.5) is 0 Å². The van der Waals surface area contributed by atoms with Gasteiger partial charge < -0.3 is 39.2 Å². The number of aromatic hydroxyl groups is 1. The second-order valence-electron chi connectivity index (χ2n) is 14.2. The minimum Gasteiger partial charge on any atom is -0.504 e. The second-order valence-corrected chi connectivity index (χ2v) is 15.3. The molecule has 14 heteroatoms. The van der Waals surface area contributed by atoms with Crippen molar-refractivity contribution in [3.63, 3.8) is 0 Å². The van der Waals surface area contributed by atoms with Crippen LogP contribution >= 0.6 is 11.8 Å². The molecule has 2 bridgehead atoms. The molecule has 0 radical (unpaired) electrons. The Morgan fingerprint density at radius 3 is 2.56 bits per heavy atom. The van der Waals surface area contributed by atoms with Crippen molar-refractivity contribution in [2.45, 2.75) is 75.8 Å². The molecule has 286 valence electrons. The molecule has 1 fully saturated rings. The number of likely N-dealkylation sites (N-methyl/N-ethyl adjacent to an activating group) is 1. The summed E-state index contributed by atoms with van der Waals surface area (Å²) in [5.74, 6) is 1.10. The molecule has 4 aliphatic rings. The fraction of sp³-hybridized carbons (Fsp3) is 0.425. The summed E-state index contributed by atoms with van der Waals surface area (Å²) in [6.45, 7) is 7.04. The van der Waals surface area contributed by atoms with E-state index in [-0.39, 0.29) is 31.1 Å². The van der Waals surface area contributed by atoms with Gasteiger partial charge in [-0.2, -0.15) is 0 Å². The number of rotatable bonds is 11. The first kappa shape index (κ1) is 37.6. The highest BCUT2D eigenvalue weighted by molar-refractivity contribution is 7.99. The molecule has 0 aliphatic carbocycles. The van der Waals surface area contributed by atoms with Gasteiger partial charge in [-0.3, -0.25) is 24.2 Å². The number of nitrogens with zero attached hydrogens (tertiary/aromatic N) is 2. The average Bonchev–Trinajstić information content (AvgIpc) is 3.63. The Balaban J connectivity index is 1.39. The molecule has 1 saturated heterocycles. The molecule has 4 aliphatic heterocycles. The van der Waals surface area contributed by atoms with Gasteiger partial charge in [0.1, 0.15) is 18.6 Å². The van der Waals surface area contributed by atoms with Crippen molar-refractivity contribution >= 4 is 36.2 Å². The van der Waals surface area contributed by atoms with Crippen molar-refractivity contribution < 1.29 is 48.3 Å². The van der Waals surface area contributed by atoms with Crippen LogP contribution in [0.5, 0.6) is 28.7 Å². The first-order valence-electron chi connectivity index (χ1n) is 17.9. The average molecular weight is 760 g/mol. The molecule has 0 spiro atoms. The van der Waals surface area contributed by atoms with Crippen LogP contribution in [0, 0.1) is 13.8 Å². The molecule has 1 amide bonds. The summed E-state index contributed by atoms with van der Waals surface area (Å²) in [6, 6.07) is 8.93. The van der Waals surface area contributed by atoms with Gasteiger partial charge in [-0.1, -0.05) is 36.4 Å². The Morgan fingerprint density at radius 2 is 1.85 bits per heavy atom. The van der Waals surface area contributed by atoms with Crippen molar-refractivity contribution in [2.24, 2.45) is 0 Å². The van der Waals surface area contributed by atoms with E-state index in [1.54, 1.807) is 13.0 Å². The summed E-state index contributed by atoms with van der Waals surface area (Å²) in [7, 11) is 3.45. The number of fused-ring (bicyclic) bond motifs is 9. The van der Waals surface area contributed by atoms with Crippen molar-refractivity contribution in [1.29, 1.82) is 0 Å². The van der Waals surface area contributed by atoms with Gasteiger partial charge in [0.05, 0.1) is 30.5 Å². The van der Waals surface area contributed by atoms with E-state index in [0.29, 0.717) is 63.9 Å². The number of aliphatic hydroxyl groups excluding tert-OH is 1. The minimum atomic E-state index is -1.07. The number of nitrogens with one attached hydrogen (secondary N) is 1. The number of piperazine rings is 1. The molecule has 0 aromatic heterocycles. The number of thioether (sulfide) groups is 1. The first-order chi connectivity index (χ1) is 26.0. The zero-order valence-corrected chi connectivity index (χ0v) is 31.8. The number of ether oxygens (including phenoxy) is 5. The summed E-state index contributed by atoms with van der Waals surface area (Å²) in [5, 5.41) is 26.9. The number of hydrogen-bond donors (Lipinski definition) is 3. The smallest absolute Gasteiger partial charge is 0.308 e. The van der Waals surface area contributed by atoms with Crippen molar-refractivity contribution in [3.8, 4) is 28.7 Å². The first-order valence-corrected chi connectivity index (χ1v) is 18.9. The van der Waals surface area contributed by atoms with Crippen LogP contribution in [0.25, 0.3) is 6.08 Å². The van der Waals surface area contributed by atoms with Gasteiger partial charge in [0.15, 0.2) is 23.0 Å². The number of carbonyl (C=O) groups is 3. The maximum Gasteiger partial charge on any atom is 0.308 e. The van der Waals surface area contributed by atoms with Crippen LogP contribution in [0.2, 0.25) is 0 Å². The standard InChI is InChI=1S/C40H45N3O10S/c1-20-14-25-15-26-40(48)43-27(16-50-18-44)30-31(36(53-23(4)45)22(3)37-38(30)52-19-51-37)39(33(43)32(42(26)5)29(25)34(47)35(20)49-6)54-17-21(2)41-28(46)13-12-24-10-8-7-9-11-24/h7-14,18,21,26-27,32-33,39-40,47-48H,15-17,19H2,1-6H3,(H,41,46)/b13-12+/t21-,26+,27+,32+,33?,39-,40+/m1/s1. The van der Waals surface area contributed by atoms with Crippen LogP contribution in [0.15, 0.2) is 42.5 Å². The quantitative estimate of drug-likeness (QED) is 0.109. The lowest BCUT2D eigenvalue weighted by Gasteiger charge is -2.61. The highest BCUT2D eigenvalue weighted by atomic mass is 32.2. The van der Waals surface area contributed by atoms with E-state index in [0.717, 1.165) is 16.7 Å². The molecule has 13 nitrogen and oxygen atoms in total. The fourth-order valence-electron chi connectivity index (χ4n) is 8.69. The van der Waals surface area contributed by atoms with Crippen molar-refractivity contribution in [3.05, 3.63) is 81.4 Å². The van der Waals surface area contributed by atoms with Gasteiger partial charge in [0.25, 0.3) is 6.47 Å². The van der Waals surface area contributed by atoms with E-state index in [2.05, 4.69) is 10.2 Å². The number of aliphatic hydroxyl groups is 1. The number of methoxy groups -OCH3 is 1. The second kappa shape index (κ2) is 15.2. The molecular formula is C40H45N3O10S. The van der Waals surface area contributed by atoms with E-state index in [9.17, 15) is 24.6 Å². The van der Waals surface area contributed by atoms with Gasteiger partial charge in [-0.25, -0.2) is 0 Å². The van der Waals surface area contributed by atoms with Crippen LogP contribution in [-0.4, -0.2) is 96.0 Å². The highest BCUT2D eigenvalue weighted by Crippen LogP contribution is 2.63. The SMILES string of the molecule is COc1c(C)cc2c(c1O)[C@H]1C3[C@H](SC[C@@H](C)NC(=O)/C=C/c4ccccc4)c4c(OC(C)=O)c(C)c5c(c4[C@H](COC=O)N3[C@@H](O)[C@H](C2)N1C)OCO5. The maximum atomic E-state index is 13.1. The summed E-state index contributed by atoms with van der Waals surface area (Å²) < 4.78 is 29.3. The third kappa shape index (κ3) is 6.44. The topological polar surface area (TPSA) is 156 Å². The molecule has 1 unspecified atom stereocenters. The van der Waals surface area contributed by atoms with Crippen LogP contribution in [0.3, 0.4) is 0 Å². The Labute approximate surface area is 318 Å². The lowest BCUT2D eigenvalue weighted by molar-refractivity contribution is -0.181. The lowest BCUT2D eigenvalue weighted by Crippen LogP contribution is -2.69. The number of aryl methyl sites for hydroxylation is 1. The number of hydrogen-bond acceptors (Lipinski definition) is 13. The number of benzene rings is 3. The van der Waals surface area contributed by atoms with E-state index in [1.165, 1.54) is 31.9 Å². The molecular weight excluding hydrogens is 715 g/mol. The van der Waals surface area contributed by atoms with Crippen molar-refractivity contribution in [1.82, 2.24) is 15.1 Å². The predicted octanol–water partition coefficient (Wildman–Crippen LogP) is 4.49. The van der Waals surface area contributed by atoms with Crippen molar-refractivity contribution in [2.75, 3.05) is 33.3 Å².